The molecule has 2 unspecified atom stereocenters. The van der Waals surface area contributed by atoms with E-state index in [2.05, 4.69) is 203 Å². The van der Waals surface area contributed by atoms with Crippen LogP contribution in [0.4, 0.5) is 0 Å². The summed E-state index contributed by atoms with van der Waals surface area (Å²) in [4.78, 5) is 0. The molecule has 0 spiro atoms. The van der Waals surface area contributed by atoms with Crippen molar-refractivity contribution in [2.24, 2.45) is 0 Å². The number of nitrogens with one attached hydrogen (secondary N) is 1. The molecule has 0 fully saturated rings. The zero-order valence-corrected chi connectivity index (χ0v) is 32.3. The number of aromatic nitrogens is 2. The Morgan fingerprint density at radius 2 is 1.40 bits per heavy atom. The predicted octanol–water partition coefficient (Wildman–Crippen LogP) is 12.5. The van der Waals surface area contributed by atoms with Crippen molar-refractivity contribution in [1.29, 1.82) is 0 Å². The topological polar surface area (TPSA) is 31.1 Å². The Bertz CT molecular complexity index is 3170. The molecule has 0 saturated carbocycles. The molecule has 2 aliphatic heterocycles. The van der Waals surface area contributed by atoms with Gasteiger partial charge < -0.3 is 14.6 Å². The first-order valence-corrected chi connectivity index (χ1v) is 20.5. The van der Waals surface area contributed by atoms with E-state index in [-0.39, 0.29) is 11.5 Å². The fraction of sp³-hybridized carbons (Fsp3) is 0.111. The number of fused-ring (bicyclic) bond motifs is 9. The first kappa shape index (κ1) is 33.1. The summed E-state index contributed by atoms with van der Waals surface area (Å²) in [6.45, 7) is 3.04. The summed E-state index contributed by atoms with van der Waals surface area (Å²) in [5, 5.41) is 7.67. The Kier molecular flexibility index (Phi) is 7.28. The van der Waals surface area contributed by atoms with Crippen LogP contribution in [0.5, 0.6) is 5.75 Å². The average Bonchev–Trinajstić information content (AvgIpc) is 3.91. The quantitative estimate of drug-likeness (QED) is 0.190. The first-order chi connectivity index (χ1) is 28.6. The highest BCUT2D eigenvalue weighted by molar-refractivity contribution is 6.10. The van der Waals surface area contributed by atoms with Gasteiger partial charge >= 0.3 is 0 Å². The van der Waals surface area contributed by atoms with E-state index < -0.39 is 0 Å². The Labute approximate surface area is 338 Å². The fourth-order valence-electron chi connectivity index (χ4n) is 10.1. The summed E-state index contributed by atoms with van der Waals surface area (Å²) in [5.74, 6) is 2.11. The normalized spacial score (nSPS) is 19.3. The van der Waals surface area contributed by atoms with Crippen LogP contribution < -0.4 is 10.1 Å². The minimum absolute atomic E-state index is 0.0534. The van der Waals surface area contributed by atoms with Gasteiger partial charge in [0.2, 0.25) is 0 Å². The van der Waals surface area contributed by atoms with Crippen LogP contribution in [0.2, 0.25) is 0 Å². The zero-order valence-electron chi connectivity index (χ0n) is 32.3. The van der Waals surface area contributed by atoms with Crippen molar-refractivity contribution < 1.29 is 4.74 Å². The molecule has 12 rings (SSSR count). The molecule has 2 atom stereocenters. The maximum absolute atomic E-state index is 6.62. The number of para-hydroxylation sites is 3. The lowest BCUT2D eigenvalue weighted by Crippen LogP contribution is -2.36. The van der Waals surface area contributed by atoms with Gasteiger partial charge in [0.1, 0.15) is 17.7 Å². The molecule has 2 aromatic heterocycles. The number of rotatable bonds is 5. The Morgan fingerprint density at radius 3 is 2.26 bits per heavy atom. The molecule has 2 aliphatic carbocycles. The SMILES string of the molecule is CC12C=CC=C(c3cccc(C4=CC=C(n5c6c(c7cc(-c8ccc9c(c8)c8ccccc8n9-c8ccccc8)ccc75)C=CCC6)NC4)c3)C1Oc1ccccc12. The van der Waals surface area contributed by atoms with Gasteiger partial charge in [0.15, 0.2) is 0 Å². The van der Waals surface area contributed by atoms with E-state index in [1.165, 1.54) is 88.6 Å². The number of ether oxygens (including phenoxy) is 1. The molecular weight excluding hydrogens is 707 g/mol. The van der Waals surface area contributed by atoms with Gasteiger partial charge in [-0.2, -0.15) is 0 Å². The molecular formula is C54H41N3O. The van der Waals surface area contributed by atoms with Gasteiger partial charge in [-0.15, -0.1) is 0 Å². The second kappa shape index (κ2) is 12.7. The second-order valence-corrected chi connectivity index (χ2v) is 16.2. The van der Waals surface area contributed by atoms with Gasteiger partial charge in [-0.3, -0.25) is 4.57 Å². The van der Waals surface area contributed by atoms with Crippen LogP contribution in [-0.4, -0.2) is 21.8 Å². The third kappa shape index (κ3) is 4.94. The molecule has 58 heavy (non-hydrogen) atoms. The highest BCUT2D eigenvalue weighted by Crippen LogP contribution is 2.50. The van der Waals surface area contributed by atoms with Gasteiger partial charge in [0.05, 0.1) is 22.0 Å². The Balaban J connectivity index is 0.894. The third-order valence-corrected chi connectivity index (χ3v) is 12.9. The molecule has 8 aromatic rings. The lowest BCUT2D eigenvalue weighted by Gasteiger charge is -2.32. The summed E-state index contributed by atoms with van der Waals surface area (Å²) in [6.07, 6.45) is 17.9. The van der Waals surface area contributed by atoms with E-state index in [1.807, 2.05) is 0 Å². The van der Waals surface area contributed by atoms with Gasteiger partial charge in [-0.25, -0.2) is 0 Å². The van der Waals surface area contributed by atoms with Crippen molar-refractivity contribution in [2.75, 3.05) is 6.54 Å². The second-order valence-electron chi connectivity index (χ2n) is 16.2. The number of nitrogens with zero attached hydrogens (tertiary/aromatic N) is 2. The molecule has 6 aromatic carbocycles. The van der Waals surface area contributed by atoms with Crippen LogP contribution in [0.3, 0.4) is 0 Å². The van der Waals surface area contributed by atoms with Gasteiger partial charge in [0.25, 0.3) is 0 Å². The van der Waals surface area contributed by atoms with Crippen molar-refractivity contribution in [1.82, 2.24) is 14.5 Å². The van der Waals surface area contributed by atoms with Crippen LogP contribution >= 0.6 is 0 Å². The minimum atomic E-state index is -0.188. The highest BCUT2D eigenvalue weighted by Gasteiger charge is 2.46. The van der Waals surface area contributed by atoms with E-state index in [0.717, 1.165) is 31.0 Å². The number of allylic oxidation sites excluding steroid dienone is 5. The summed E-state index contributed by atoms with van der Waals surface area (Å²) in [7, 11) is 0. The molecule has 4 aliphatic rings. The van der Waals surface area contributed by atoms with Crippen molar-refractivity contribution in [2.45, 2.75) is 31.3 Å². The van der Waals surface area contributed by atoms with E-state index in [9.17, 15) is 0 Å². The maximum Gasteiger partial charge on any atom is 0.137 e. The molecule has 4 heterocycles. The van der Waals surface area contributed by atoms with Crippen LogP contribution in [0.1, 0.15) is 41.3 Å². The average molecular weight is 748 g/mol. The molecule has 0 radical (unpaired) electrons. The van der Waals surface area contributed by atoms with Crippen LogP contribution in [0.25, 0.3) is 72.6 Å². The van der Waals surface area contributed by atoms with Gasteiger partial charge in [-0.1, -0.05) is 121 Å². The van der Waals surface area contributed by atoms with E-state index in [1.54, 1.807) is 0 Å². The third-order valence-electron chi connectivity index (χ3n) is 12.9. The molecule has 278 valence electrons. The number of dihydropyridines is 1. The van der Waals surface area contributed by atoms with Crippen molar-refractivity contribution in [3.63, 3.8) is 0 Å². The monoisotopic (exact) mass is 747 g/mol. The van der Waals surface area contributed by atoms with Gasteiger partial charge in [0, 0.05) is 50.8 Å². The zero-order chi connectivity index (χ0) is 38.4. The van der Waals surface area contributed by atoms with Crippen LogP contribution in [0.15, 0.2) is 176 Å². The maximum atomic E-state index is 6.62. The standard InChI is InChI=1S/C54H41N3O/c1-54-30-12-19-41(53(54)58-51-23-10-7-20-46(51)54)38-14-11-13-35(31-38)39-26-29-52(55-34-39)57-48-22-9-6-18-43(48)45-33-37(25-28-50(45)57)36-24-27-49-44(32-36)42-17-5-8-21-47(42)56(49)40-15-3-2-4-16-40/h2-8,10-21,23-33,53,55H,9,22,34H2,1H3. The summed E-state index contributed by atoms with van der Waals surface area (Å²) < 4.78 is 11.5. The Hall–Kier alpha value is -7.04. The Morgan fingerprint density at radius 1 is 0.638 bits per heavy atom. The lowest BCUT2D eigenvalue weighted by atomic mass is 9.72. The minimum Gasteiger partial charge on any atom is -0.484 e. The molecule has 1 N–H and O–H groups in total. The summed E-state index contributed by atoms with van der Waals surface area (Å²) in [6, 6.07) is 50.9. The fourth-order valence-corrected chi connectivity index (χ4v) is 10.1. The first-order valence-electron chi connectivity index (χ1n) is 20.5. The summed E-state index contributed by atoms with van der Waals surface area (Å²) in [5.41, 5.74) is 16.0. The van der Waals surface area contributed by atoms with Crippen LogP contribution in [-0.2, 0) is 11.8 Å². The molecule has 4 heteroatoms. The number of hydrogen-bond acceptors (Lipinski definition) is 2. The largest absolute Gasteiger partial charge is 0.484 e. The number of hydrogen-bond donors (Lipinski definition) is 1. The lowest BCUT2D eigenvalue weighted by molar-refractivity contribution is 0.237. The predicted molar refractivity (Wildman–Crippen MR) is 241 cm³/mol. The van der Waals surface area contributed by atoms with Crippen molar-refractivity contribution in [3.8, 4) is 22.6 Å². The molecule has 0 amide bonds. The summed E-state index contributed by atoms with van der Waals surface area (Å²) >= 11 is 0. The van der Waals surface area contributed by atoms with Crippen LogP contribution in [0, 0.1) is 0 Å². The van der Waals surface area contributed by atoms with Gasteiger partial charge in [-0.05, 0) is 108 Å². The van der Waals surface area contributed by atoms with E-state index in [4.69, 9.17) is 4.74 Å². The number of benzene rings is 6. The van der Waals surface area contributed by atoms with E-state index in [0.29, 0.717) is 0 Å². The van der Waals surface area contributed by atoms with Crippen molar-refractivity contribution in [3.05, 3.63) is 204 Å². The smallest absolute Gasteiger partial charge is 0.137 e. The molecule has 4 nitrogen and oxygen atoms in total. The van der Waals surface area contributed by atoms with E-state index >= 15 is 0 Å². The van der Waals surface area contributed by atoms with Crippen molar-refractivity contribution >= 4 is 55.8 Å². The highest BCUT2D eigenvalue weighted by atomic mass is 16.5. The molecule has 0 saturated heterocycles. The molecule has 0 bridgehead atoms.